The van der Waals surface area contributed by atoms with E-state index >= 15 is 0 Å². The maximum absolute atomic E-state index is 13.8. The van der Waals surface area contributed by atoms with Gasteiger partial charge in [0, 0.05) is 24.8 Å². The molecule has 30 heavy (non-hydrogen) atoms. The number of imidazole rings is 1. The fourth-order valence-electron chi connectivity index (χ4n) is 3.02. The highest BCUT2D eigenvalue weighted by Crippen LogP contribution is 2.35. The van der Waals surface area contributed by atoms with Crippen LogP contribution >= 0.6 is 0 Å². The molecule has 10 heteroatoms. The molecule has 2 atom stereocenters. The first-order valence-corrected chi connectivity index (χ1v) is 10.4. The Morgan fingerprint density at radius 1 is 1.07 bits per heavy atom. The van der Waals surface area contributed by atoms with Crippen LogP contribution < -0.4 is 0 Å². The second-order valence-electron chi connectivity index (χ2n) is 8.26. The number of alkyl halides is 5. The zero-order valence-corrected chi connectivity index (χ0v) is 18.5. The Morgan fingerprint density at radius 3 is 2.00 bits per heavy atom. The fourth-order valence-corrected chi connectivity index (χ4v) is 4.30. The van der Waals surface area contributed by atoms with Gasteiger partial charge < -0.3 is 4.57 Å². The van der Waals surface area contributed by atoms with Crippen molar-refractivity contribution in [2.75, 3.05) is 7.05 Å². The summed E-state index contributed by atoms with van der Waals surface area (Å²) < 4.78 is 81.2. The average Bonchev–Trinajstić information content (AvgIpc) is 3.06. The third-order valence-electron chi connectivity index (χ3n) is 4.51. The largest absolute Gasteiger partial charge is 0.434 e. The summed E-state index contributed by atoms with van der Waals surface area (Å²) in [4.78, 5) is 3.71. The van der Waals surface area contributed by atoms with E-state index in [2.05, 4.69) is 4.98 Å². The topological polar surface area (TPSA) is 38.1 Å². The van der Waals surface area contributed by atoms with Gasteiger partial charge in [-0.05, 0) is 40.2 Å². The van der Waals surface area contributed by atoms with Crippen molar-refractivity contribution in [3.05, 3.63) is 41.7 Å². The van der Waals surface area contributed by atoms with E-state index in [0.717, 1.165) is 10.5 Å². The minimum absolute atomic E-state index is 0.101. The monoisotopic (exact) mass is 451 g/mol. The number of rotatable bonds is 6. The van der Waals surface area contributed by atoms with Crippen LogP contribution in [0.5, 0.6) is 0 Å². The quantitative estimate of drug-likeness (QED) is 0.517. The molecule has 0 radical (unpaired) electrons. The van der Waals surface area contributed by atoms with Crippen LogP contribution in [0.25, 0.3) is 11.4 Å². The van der Waals surface area contributed by atoms with Gasteiger partial charge in [-0.3, -0.25) is 0 Å². The lowest BCUT2D eigenvalue weighted by Gasteiger charge is -2.32. The second-order valence-corrected chi connectivity index (χ2v) is 10.6. The van der Waals surface area contributed by atoms with E-state index in [-0.39, 0.29) is 17.4 Å². The Kier molecular flexibility index (Phi) is 7.13. The van der Waals surface area contributed by atoms with Gasteiger partial charge in [0.05, 0.1) is 4.75 Å². The molecule has 0 spiro atoms. The third-order valence-corrected chi connectivity index (χ3v) is 6.30. The van der Waals surface area contributed by atoms with Gasteiger partial charge in [-0.15, -0.1) is 0 Å². The summed E-state index contributed by atoms with van der Waals surface area (Å²) in [5, 5.41) is 0. The van der Waals surface area contributed by atoms with Gasteiger partial charge >= 0.3 is 6.18 Å². The minimum Gasteiger partial charge on any atom is -0.328 e. The van der Waals surface area contributed by atoms with Crippen LogP contribution in [0.4, 0.5) is 22.0 Å². The molecule has 0 aliphatic rings. The molecule has 0 fully saturated rings. The fraction of sp³-hybridized carbons (Fsp3) is 0.550. The lowest BCUT2D eigenvalue weighted by Crippen LogP contribution is -2.39. The van der Waals surface area contributed by atoms with E-state index in [9.17, 15) is 26.2 Å². The molecule has 4 nitrogen and oxygen atoms in total. The Bertz CT molecular complexity index is 885. The predicted molar refractivity (Wildman–Crippen MR) is 107 cm³/mol. The summed E-state index contributed by atoms with van der Waals surface area (Å²) in [6.45, 7) is 8.52. The van der Waals surface area contributed by atoms with E-state index in [0.29, 0.717) is 5.56 Å². The van der Waals surface area contributed by atoms with Gasteiger partial charge in [-0.25, -0.2) is 22.3 Å². The normalized spacial score (nSPS) is 15.3. The molecule has 0 saturated heterocycles. The molecular weight excluding hydrogens is 425 g/mol. The standard InChI is InChI=1S/C20H26F5N3OS/c1-12(2)28-11-15(20(23,24)25)26-18(28)14-9-7-13(8-10-14)16(17(21)22)27(6)30(29)19(3,4)5/h7-12,16-17H,1-6H3/t16-,30+/m1/s1. The summed E-state index contributed by atoms with van der Waals surface area (Å²) >= 11 is 0. The van der Waals surface area contributed by atoms with Crippen LogP contribution in [-0.4, -0.2) is 36.3 Å². The molecule has 0 N–H and O–H groups in total. The molecule has 0 aliphatic heterocycles. The van der Waals surface area contributed by atoms with Crippen molar-refractivity contribution in [3.63, 3.8) is 0 Å². The molecule has 2 rings (SSSR count). The maximum Gasteiger partial charge on any atom is 0.434 e. The predicted octanol–water partition coefficient (Wildman–Crippen LogP) is 5.85. The van der Waals surface area contributed by atoms with Gasteiger partial charge in [-0.2, -0.15) is 13.2 Å². The van der Waals surface area contributed by atoms with Gasteiger partial charge in [0.25, 0.3) is 6.43 Å². The van der Waals surface area contributed by atoms with Crippen LogP contribution in [0, 0.1) is 0 Å². The van der Waals surface area contributed by atoms with E-state index < -0.39 is 40.1 Å². The first-order valence-electron chi connectivity index (χ1n) is 9.34. The van der Waals surface area contributed by atoms with E-state index in [4.69, 9.17) is 0 Å². The van der Waals surface area contributed by atoms with Crippen molar-refractivity contribution in [1.29, 1.82) is 0 Å². The summed E-state index contributed by atoms with van der Waals surface area (Å²) in [6, 6.07) is 4.04. The van der Waals surface area contributed by atoms with Gasteiger partial charge in [0.15, 0.2) is 5.69 Å². The summed E-state index contributed by atoms with van der Waals surface area (Å²) in [5.41, 5.74) is -0.427. The number of hydrogen-bond acceptors (Lipinski definition) is 2. The highest BCUT2D eigenvalue weighted by Gasteiger charge is 2.36. The lowest BCUT2D eigenvalue weighted by atomic mass is 10.0. The summed E-state index contributed by atoms with van der Waals surface area (Å²) in [5.74, 6) is 0.101. The number of hydrogen-bond donors (Lipinski definition) is 0. The van der Waals surface area contributed by atoms with E-state index in [1.54, 1.807) is 34.6 Å². The SMILES string of the molecule is CC(C)n1cc(C(F)(F)F)nc1-c1ccc([C@H](C(F)F)N(C)[S@@](=O)C(C)(C)C)cc1. The number of halogens is 5. The molecule has 1 aromatic carbocycles. The van der Waals surface area contributed by atoms with Gasteiger partial charge in [0.2, 0.25) is 0 Å². The Morgan fingerprint density at radius 2 is 1.60 bits per heavy atom. The molecule has 1 heterocycles. The van der Waals surface area contributed by atoms with Crippen molar-refractivity contribution in [2.24, 2.45) is 0 Å². The highest BCUT2D eigenvalue weighted by atomic mass is 32.2. The Labute approximate surface area is 175 Å². The molecular formula is C20H26F5N3OS. The Hall–Kier alpha value is -1.81. The number of aromatic nitrogens is 2. The lowest BCUT2D eigenvalue weighted by molar-refractivity contribution is -0.140. The van der Waals surface area contributed by atoms with Crippen molar-refractivity contribution < 1.29 is 26.2 Å². The van der Waals surface area contributed by atoms with Gasteiger partial charge in [-0.1, -0.05) is 24.3 Å². The van der Waals surface area contributed by atoms with Crippen LogP contribution in [0.3, 0.4) is 0 Å². The first-order chi connectivity index (χ1) is 13.6. The molecule has 0 saturated carbocycles. The van der Waals surface area contributed by atoms with Crippen molar-refractivity contribution in [1.82, 2.24) is 13.9 Å². The molecule has 0 aliphatic carbocycles. The smallest absolute Gasteiger partial charge is 0.328 e. The molecule has 168 valence electrons. The maximum atomic E-state index is 13.8. The molecule has 0 unspecified atom stereocenters. The average molecular weight is 452 g/mol. The molecule has 2 aromatic rings. The zero-order valence-electron chi connectivity index (χ0n) is 17.7. The van der Waals surface area contributed by atoms with Crippen molar-refractivity contribution in [3.8, 4) is 11.4 Å². The van der Waals surface area contributed by atoms with Crippen LogP contribution in [-0.2, 0) is 17.2 Å². The van der Waals surface area contributed by atoms with Crippen molar-refractivity contribution >= 4 is 11.0 Å². The summed E-state index contributed by atoms with van der Waals surface area (Å²) in [7, 11) is -0.311. The highest BCUT2D eigenvalue weighted by molar-refractivity contribution is 7.84. The second kappa shape index (κ2) is 8.74. The summed E-state index contributed by atoms with van der Waals surface area (Å²) in [6.07, 6.45) is -6.45. The number of nitrogens with zero attached hydrogens (tertiary/aromatic N) is 3. The minimum atomic E-state index is -4.59. The van der Waals surface area contributed by atoms with E-state index in [1.807, 2.05) is 0 Å². The molecule has 1 aromatic heterocycles. The third kappa shape index (κ3) is 5.26. The number of benzene rings is 1. The molecule has 0 bridgehead atoms. The molecule has 0 amide bonds. The van der Waals surface area contributed by atoms with Crippen molar-refractivity contribution in [2.45, 2.75) is 64.1 Å². The van der Waals surface area contributed by atoms with Crippen LogP contribution in [0.1, 0.15) is 58.0 Å². The Balaban J connectivity index is 2.44. The first kappa shape index (κ1) is 24.5. The zero-order chi connectivity index (χ0) is 23.0. The van der Waals surface area contributed by atoms with Crippen LogP contribution in [0.15, 0.2) is 30.5 Å². The van der Waals surface area contributed by atoms with Crippen LogP contribution in [0.2, 0.25) is 0 Å². The van der Waals surface area contributed by atoms with Gasteiger partial charge in [0.1, 0.15) is 22.9 Å². The van der Waals surface area contributed by atoms with E-state index in [1.165, 1.54) is 35.9 Å².